The van der Waals surface area contributed by atoms with Gasteiger partial charge in [-0.05, 0) is 36.8 Å². The summed E-state index contributed by atoms with van der Waals surface area (Å²) in [5.41, 5.74) is 1.85. The van der Waals surface area contributed by atoms with Crippen molar-refractivity contribution < 1.29 is 9.90 Å². The third kappa shape index (κ3) is 5.85. The van der Waals surface area contributed by atoms with Crippen LogP contribution in [0.3, 0.4) is 0 Å². The first-order valence-corrected chi connectivity index (χ1v) is 8.84. The van der Waals surface area contributed by atoms with Crippen LogP contribution in [0.2, 0.25) is 0 Å². The molecule has 0 spiro atoms. The molecule has 1 atom stereocenters. The largest absolute Gasteiger partial charge is 0.508 e. The Kier molecular flexibility index (Phi) is 7.90. The number of hydrogen-bond acceptors (Lipinski definition) is 3. The molecule has 2 aromatic rings. The van der Waals surface area contributed by atoms with Crippen molar-refractivity contribution in [2.75, 3.05) is 18.0 Å². The van der Waals surface area contributed by atoms with E-state index in [1.165, 1.54) is 0 Å². The predicted octanol–water partition coefficient (Wildman–Crippen LogP) is 2.87. The summed E-state index contributed by atoms with van der Waals surface area (Å²) < 4.78 is 0. The van der Waals surface area contributed by atoms with Gasteiger partial charge in [-0.25, -0.2) is 4.99 Å². The lowest BCUT2D eigenvalue weighted by Crippen LogP contribution is -2.44. The molecule has 1 saturated heterocycles. The summed E-state index contributed by atoms with van der Waals surface area (Å²) in [5.74, 6) is 1.01. The molecule has 0 aromatic heterocycles. The number of aliphatic imine (C=N–C) groups is 1. The number of phenols is 1. The molecular weight excluding hydrogens is 455 g/mol. The van der Waals surface area contributed by atoms with Crippen LogP contribution in [0.25, 0.3) is 0 Å². The van der Waals surface area contributed by atoms with Crippen molar-refractivity contribution in [3.8, 4) is 5.75 Å². The fourth-order valence-electron chi connectivity index (χ4n) is 3.00. The van der Waals surface area contributed by atoms with Gasteiger partial charge in [-0.2, -0.15) is 0 Å². The summed E-state index contributed by atoms with van der Waals surface area (Å²) in [4.78, 5) is 18.7. The summed E-state index contributed by atoms with van der Waals surface area (Å²) in [6.07, 6.45) is 0.436. The first-order chi connectivity index (χ1) is 12.7. The SMILES string of the molecule is CCNC(=NCc1cccc(O)c1)NC1CC(=O)N(c2ccccc2)C1.I. The second-order valence-corrected chi connectivity index (χ2v) is 6.25. The number of benzene rings is 2. The highest BCUT2D eigenvalue weighted by atomic mass is 127. The Morgan fingerprint density at radius 3 is 2.70 bits per heavy atom. The standard InChI is InChI=1S/C20H24N4O2.HI/c1-2-21-20(22-13-15-7-6-10-18(25)11-15)23-16-12-19(26)24(14-16)17-8-4-3-5-9-17;/h3-11,16,25H,2,12-14H2,1H3,(H2,21,22,23);1H. The highest BCUT2D eigenvalue weighted by Gasteiger charge is 2.30. The van der Waals surface area contributed by atoms with Crippen LogP contribution in [0.15, 0.2) is 59.6 Å². The van der Waals surface area contributed by atoms with Crippen LogP contribution in [0, 0.1) is 0 Å². The number of halogens is 1. The highest BCUT2D eigenvalue weighted by Crippen LogP contribution is 2.21. The van der Waals surface area contributed by atoms with E-state index in [0.717, 1.165) is 17.8 Å². The maximum absolute atomic E-state index is 12.3. The van der Waals surface area contributed by atoms with Crippen LogP contribution in [-0.4, -0.2) is 36.1 Å². The van der Waals surface area contributed by atoms with E-state index in [9.17, 15) is 9.90 Å². The van der Waals surface area contributed by atoms with Crippen LogP contribution < -0.4 is 15.5 Å². The molecule has 0 saturated carbocycles. The summed E-state index contributed by atoms with van der Waals surface area (Å²) in [5, 5.41) is 16.1. The van der Waals surface area contributed by atoms with Crippen LogP contribution in [0.5, 0.6) is 5.75 Å². The number of aromatic hydroxyl groups is 1. The molecule has 0 aliphatic carbocycles. The minimum atomic E-state index is 0. The molecular formula is C20H25IN4O2. The van der Waals surface area contributed by atoms with Gasteiger partial charge in [0.15, 0.2) is 5.96 Å². The number of nitrogens with one attached hydrogen (secondary N) is 2. The Hall–Kier alpha value is -2.29. The lowest BCUT2D eigenvalue weighted by Gasteiger charge is -2.19. The first-order valence-electron chi connectivity index (χ1n) is 8.84. The monoisotopic (exact) mass is 480 g/mol. The second-order valence-electron chi connectivity index (χ2n) is 6.25. The van der Waals surface area contributed by atoms with E-state index >= 15 is 0 Å². The van der Waals surface area contributed by atoms with E-state index < -0.39 is 0 Å². The van der Waals surface area contributed by atoms with Gasteiger partial charge in [0.1, 0.15) is 5.75 Å². The van der Waals surface area contributed by atoms with E-state index in [2.05, 4.69) is 15.6 Å². The van der Waals surface area contributed by atoms with Gasteiger partial charge in [-0.1, -0.05) is 30.3 Å². The molecule has 3 N–H and O–H groups in total. The molecule has 1 unspecified atom stereocenters. The molecule has 0 bridgehead atoms. The van der Waals surface area contributed by atoms with Crippen molar-refractivity contribution in [3.05, 3.63) is 60.2 Å². The lowest BCUT2D eigenvalue weighted by molar-refractivity contribution is -0.117. The number of hydrogen-bond donors (Lipinski definition) is 3. The van der Waals surface area contributed by atoms with Gasteiger partial charge in [0, 0.05) is 25.2 Å². The van der Waals surface area contributed by atoms with Crippen LogP contribution in [-0.2, 0) is 11.3 Å². The van der Waals surface area contributed by atoms with Crippen molar-refractivity contribution in [3.63, 3.8) is 0 Å². The van der Waals surface area contributed by atoms with Crippen molar-refractivity contribution in [2.45, 2.75) is 25.9 Å². The van der Waals surface area contributed by atoms with Gasteiger partial charge in [0.2, 0.25) is 5.91 Å². The Labute approximate surface area is 176 Å². The summed E-state index contributed by atoms with van der Waals surface area (Å²) >= 11 is 0. The maximum atomic E-state index is 12.3. The van der Waals surface area contributed by atoms with E-state index in [1.54, 1.807) is 23.1 Å². The van der Waals surface area contributed by atoms with E-state index in [1.807, 2.05) is 43.3 Å². The van der Waals surface area contributed by atoms with Gasteiger partial charge in [0.05, 0.1) is 12.6 Å². The zero-order chi connectivity index (χ0) is 18.4. The van der Waals surface area contributed by atoms with Gasteiger partial charge in [-0.15, -0.1) is 24.0 Å². The quantitative estimate of drug-likeness (QED) is 0.350. The molecule has 1 heterocycles. The molecule has 2 aromatic carbocycles. The molecule has 1 aliphatic heterocycles. The van der Waals surface area contributed by atoms with E-state index in [-0.39, 0.29) is 41.7 Å². The number of carbonyl (C=O) groups is 1. The molecule has 1 fully saturated rings. The zero-order valence-corrected chi connectivity index (χ0v) is 17.6. The summed E-state index contributed by atoms with van der Waals surface area (Å²) in [7, 11) is 0. The molecule has 0 radical (unpaired) electrons. The molecule has 27 heavy (non-hydrogen) atoms. The third-order valence-electron chi connectivity index (χ3n) is 4.21. The van der Waals surface area contributed by atoms with Crippen LogP contribution in [0.1, 0.15) is 18.9 Å². The van der Waals surface area contributed by atoms with E-state index in [0.29, 0.717) is 25.5 Å². The molecule has 1 amide bonds. The number of para-hydroxylation sites is 1. The highest BCUT2D eigenvalue weighted by molar-refractivity contribution is 14.0. The predicted molar refractivity (Wildman–Crippen MR) is 119 cm³/mol. The van der Waals surface area contributed by atoms with Crippen LogP contribution >= 0.6 is 24.0 Å². The van der Waals surface area contributed by atoms with E-state index in [4.69, 9.17) is 0 Å². The minimum absolute atomic E-state index is 0. The molecule has 6 nitrogen and oxygen atoms in total. The number of guanidine groups is 1. The Balaban J connectivity index is 0.00000261. The van der Waals surface area contributed by atoms with Crippen molar-refractivity contribution >= 4 is 41.5 Å². The Morgan fingerprint density at radius 1 is 1.22 bits per heavy atom. The molecule has 144 valence electrons. The number of amides is 1. The number of nitrogens with zero attached hydrogens (tertiary/aromatic N) is 2. The normalized spacial score (nSPS) is 16.8. The fourth-order valence-corrected chi connectivity index (χ4v) is 3.00. The molecule has 7 heteroatoms. The average molecular weight is 480 g/mol. The number of rotatable bonds is 5. The van der Waals surface area contributed by atoms with Gasteiger partial charge in [-0.3, -0.25) is 4.79 Å². The minimum Gasteiger partial charge on any atom is -0.508 e. The first kappa shape index (κ1) is 21.0. The number of carbonyl (C=O) groups excluding carboxylic acids is 1. The van der Waals surface area contributed by atoms with Gasteiger partial charge < -0.3 is 20.6 Å². The zero-order valence-electron chi connectivity index (χ0n) is 15.3. The number of phenolic OH excluding ortho intramolecular Hbond substituents is 1. The second kappa shape index (κ2) is 10.1. The summed E-state index contributed by atoms with van der Waals surface area (Å²) in [6, 6.07) is 16.8. The van der Waals surface area contributed by atoms with Crippen molar-refractivity contribution in [1.29, 1.82) is 0 Å². The topological polar surface area (TPSA) is 77.0 Å². The Morgan fingerprint density at radius 2 is 2.00 bits per heavy atom. The van der Waals surface area contributed by atoms with Gasteiger partial charge >= 0.3 is 0 Å². The maximum Gasteiger partial charge on any atom is 0.229 e. The van der Waals surface area contributed by atoms with Crippen molar-refractivity contribution in [1.82, 2.24) is 10.6 Å². The average Bonchev–Trinajstić information content (AvgIpc) is 3.01. The molecule has 1 aliphatic rings. The number of anilines is 1. The van der Waals surface area contributed by atoms with Crippen LogP contribution in [0.4, 0.5) is 5.69 Å². The van der Waals surface area contributed by atoms with Crippen molar-refractivity contribution in [2.24, 2.45) is 4.99 Å². The summed E-state index contributed by atoms with van der Waals surface area (Å²) in [6.45, 7) is 3.79. The third-order valence-corrected chi connectivity index (χ3v) is 4.21. The lowest BCUT2D eigenvalue weighted by atomic mass is 10.2. The van der Waals surface area contributed by atoms with Gasteiger partial charge in [0.25, 0.3) is 0 Å². The smallest absolute Gasteiger partial charge is 0.229 e. The Bertz CT molecular complexity index is 783. The molecule has 3 rings (SSSR count). The fraction of sp³-hybridized carbons (Fsp3) is 0.300.